The van der Waals surface area contributed by atoms with E-state index in [1.165, 1.54) is 11.8 Å². The maximum atomic E-state index is 12.2. The molecule has 1 aromatic heterocycles. The third-order valence-electron chi connectivity index (χ3n) is 3.76. The monoisotopic (exact) mass is 400 g/mol. The second kappa shape index (κ2) is 9.23. The molecule has 0 spiro atoms. The number of rotatable bonds is 7. The Balaban J connectivity index is 1.54. The summed E-state index contributed by atoms with van der Waals surface area (Å²) in [5.41, 5.74) is 1.23. The standard InChI is InChI=1S/C19H20N4O4S/c1-3-26-14-8-6-13(7-9-14)20-17(24)11-16-18(25)21-19(28-16)23-22-12(2)15-5-4-10-27-15/h4-10,16H,3,11H2,1-2H3,(H,20,24)(H,21,23,25)/b22-12+. The molecule has 2 N–H and O–H groups in total. The first-order valence-electron chi connectivity index (χ1n) is 8.71. The number of amidine groups is 1. The maximum Gasteiger partial charge on any atom is 0.240 e. The minimum Gasteiger partial charge on any atom is -0.494 e. The molecule has 0 saturated carbocycles. The van der Waals surface area contributed by atoms with Crippen LogP contribution < -0.4 is 15.4 Å². The number of carbonyl (C=O) groups is 2. The number of nitrogens with zero attached hydrogens (tertiary/aromatic N) is 2. The van der Waals surface area contributed by atoms with E-state index in [1.54, 1.807) is 49.6 Å². The summed E-state index contributed by atoms with van der Waals surface area (Å²) in [6, 6.07) is 10.6. The molecule has 2 amide bonds. The average Bonchev–Trinajstić information content (AvgIpc) is 3.32. The second-order valence-corrected chi connectivity index (χ2v) is 7.06. The van der Waals surface area contributed by atoms with Crippen LogP contribution in [0, 0.1) is 0 Å². The highest BCUT2D eigenvalue weighted by Gasteiger charge is 2.32. The average molecular weight is 400 g/mol. The zero-order valence-electron chi connectivity index (χ0n) is 15.5. The van der Waals surface area contributed by atoms with Gasteiger partial charge < -0.3 is 19.8 Å². The first-order valence-corrected chi connectivity index (χ1v) is 9.59. The number of amides is 2. The SMILES string of the molecule is CCOc1ccc(NC(=O)CC2S/C(=N\N=C(/C)c3ccco3)NC2=O)cc1. The van der Waals surface area contributed by atoms with Crippen molar-refractivity contribution in [2.75, 3.05) is 11.9 Å². The predicted octanol–water partition coefficient (Wildman–Crippen LogP) is 3.02. The largest absolute Gasteiger partial charge is 0.494 e. The quantitative estimate of drug-likeness (QED) is 0.549. The van der Waals surface area contributed by atoms with Crippen LogP contribution in [-0.4, -0.2) is 34.6 Å². The van der Waals surface area contributed by atoms with Gasteiger partial charge in [-0.05, 0) is 50.2 Å². The van der Waals surface area contributed by atoms with E-state index < -0.39 is 5.25 Å². The lowest BCUT2D eigenvalue weighted by Crippen LogP contribution is -2.28. The number of hydrogen-bond donors (Lipinski definition) is 2. The van der Waals surface area contributed by atoms with Gasteiger partial charge in [0.05, 0.1) is 12.9 Å². The third-order valence-corrected chi connectivity index (χ3v) is 4.84. The smallest absolute Gasteiger partial charge is 0.240 e. The molecule has 1 aromatic carbocycles. The molecule has 146 valence electrons. The van der Waals surface area contributed by atoms with Crippen LogP contribution in [0.4, 0.5) is 5.69 Å². The van der Waals surface area contributed by atoms with Gasteiger partial charge in [-0.25, -0.2) is 0 Å². The molecule has 28 heavy (non-hydrogen) atoms. The van der Waals surface area contributed by atoms with Crippen molar-refractivity contribution >= 4 is 40.1 Å². The summed E-state index contributed by atoms with van der Waals surface area (Å²) in [6.45, 7) is 4.24. The molecule has 2 heterocycles. The van der Waals surface area contributed by atoms with Crippen molar-refractivity contribution < 1.29 is 18.7 Å². The van der Waals surface area contributed by atoms with Gasteiger partial charge in [-0.1, -0.05) is 11.8 Å². The Bertz CT molecular complexity index is 891. The van der Waals surface area contributed by atoms with E-state index in [0.717, 1.165) is 5.75 Å². The van der Waals surface area contributed by atoms with Crippen molar-refractivity contribution in [3.05, 3.63) is 48.4 Å². The molecule has 3 rings (SSSR count). The van der Waals surface area contributed by atoms with E-state index in [4.69, 9.17) is 9.15 Å². The fraction of sp³-hybridized carbons (Fsp3) is 0.263. The molecule has 0 aliphatic carbocycles. The predicted molar refractivity (Wildman–Crippen MR) is 109 cm³/mol. The van der Waals surface area contributed by atoms with Crippen molar-refractivity contribution in [2.24, 2.45) is 10.2 Å². The number of benzene rings is 1. The minimum atomic E-state index is -0.555. The number of ether oxygens (including phenoxy) is 1. The molecule has 8 nitrogen and oxygen atoms in total. The Morgan fingerprint density at radius 1 is 1.32 bits per heavy atom. The summed E-state index contributed by atoms with van der Waals surface area (Å²) in [5, 5.41) is 13.3. The summed E-state index contributed by atoms with van der Waals surface area (Å²) in [4.78, 5) is 24.3. The molecule has 1 unspecified atom stereocenters. The molecule has 1 aliphatic heterocycles. The third kappa shape index (κ3) is 5.23. The van der Waals surface area contributed by atoms with Crippen LogP contribution in [0.3, 0.4) is 0 Å². The van der Waals surface area contributed by atoms with E-state index in [9.17, 15) is 9.59 Å². The molecular formula is C19H20N4O4S. The summed E-state index contributed by atoms with van der Waals surface area (Å²) >= 11 is 1.18. The fourth-order valence-electron chi connectivity index (χ4n) is 2.42. The van der Waals surface area contributed by atoms with Gasteiger partial charge >= 0.3 is 0 Å². The van der Waals surface area contributed by atoms with Gasteiger partial charge in [0.2, 0.25) is 11.8 Å². The fourth-order valence-corrected chi connectivity index (χ4v) is 3.34. The first kappa shape index (κ1) is 19.7. The Hall–Kier alpha value is -3.07. The number of thioether (sulfide) groups is 1. The van der Waals surface area contributed by atoms with Crippen LogP contribution in [0.2, 0.25) is 0 Å². The number of hydrogen-bond acceptors (Lipinski definition) is 7. The van der Waals surface area contributed by atoms with Gasteiger partial charge in [0.15, 0.2) is 5.17 Å². The van der Waals surface area contributed by atoms with Gasteiger partial charge in [0, 0.05) is 12.1 Å². The van der Waals surface area contributed by atoms with Crippen LogP contribution in [0.5, 0.6) is 5.75 Å². The van der Waals surface area contributed by atoms with E-state index in [-0.39, 0.29) is 18.2 Å². The van der Waals surface area contributed by atoms with Crippen molar-refractivity contribution in [1.82, 2.24) is 5.32 Å². The maximum absolute atomic E-state index is 12.2. The van der Waals surface area contributed by atoms with Crippen LogP contribution in [0.1, 0.15) is 26.0 Å². The molecule has 0 bridgehead atoms. The van der Waals surface area contributed by atoms with Gasteiger partial charge in [-0.3, -0.25) is 9.59 Å². The summed E-state index contributed by atoms with van der Waals surface area (Å²) in [6.07, 6.45) is 1.58. The molecule has 1 fully saturated rings. The Morgan fingerprint density at radius 2 is 2.11 bits per heavy atom. The minimum absolute atomic E-state index is 0.0314. The molecule has 2 aromatic rings. The second-order valence-electron chi connectivity index (χ2n) is 5.87. The lowest BCUT2D eigenvalue weighted by molar-refractivity contribution is -0.122. The first-order chi connectivity index (χ1) is 13.5. The number of furan rings is 1. The van der Waals surface area contributed by atoms with Gasteiger partial charge in [0.25, 0.3) is 0 Å². The Morgan fingerprint density at radius 3 is 2.79 bits per heavy atom. The van der Waals surface area contributed by atoms with Crippen molar-refractivity contribution in [3.8, 4) is 5.75 Å². The Labute approximate surface area is 166 Å². The highest BCUT2D eigenvalue weighted by Crippen LogP contribution is 2.23. The van der Waals surface area contributed by atoms with Crippen molar-refractivity contribution in [2.45, 2.75) is 25.5 Å². The van der Waals surface area contributed by atoms with Crippen molar-refractivity contribution in [3.63, 3.8) is 0 Å². The summed E-state index contributed by atoms with van der Waals surface area (Å²) < 4.78 is 10.6. The van der Waals surface area contributed by atoms with E-state index in [1.807, 2.05) is 6.92 Å². The van der Waals surface area contributed by atoms with Crippen LogP contribution >= 0.6 is 11.8 Å². The van der Waals surface area contributed by atoms with E-state index in [0.29, 0.717) is 28.9 Å². The molecule has 1 saturated heterocycles. The Kier molecular flexibility index (Phi) is 6.49. The molecular weight excluding hydrogens is 380 g/mol. The van der Waals surface area contributed by atoms with Gasteiger partial charge in [-0.2, -0.15) is 0 Å². The van der Waals surface area contributed by atoms with E-state index in [2.05, 4.69) is 20.8 Å². The number of carbonyl (C=O) groups excluding carboxylic acids is 2. The van der Waals surface area contributed by atoms with E-state index >= 15 is 0 Å². The van der Waals surface area contributed by atoms with Crippen LogP contribution in [-0.2, 0) is 9.59 Å². The molecule has 9 heteroatoms. The van der Waals surface area contributed by atoms with Crippen LogP contribution in [0.15, 0.2) is 57.3 Å². The molecule has 1 aliphatic rings. The highest BCUT2D eigenvalue weighted by molar-refractivity contribution is 8.15. The normalized spacial score (nSPS) is 18.2. The number of nitrogens with one attached hydrogen (secondary N) is 2. The lowest BCUT2D eigenvalue weighted by Gasteiger charge is -2.08. The zero-order valence-corrected chi connectivity index (χ0v) is 16.3. The molecule has 1 atom stereocenters. The van der Waals surface area contributed by atoms with Crippen LogP contribution in [0.25, 0.3) is 0 Å². The summed E-state index contributed by atoms with van der Waals surface area (Å²) in [5.74, 6) is 0.812. The van der Waals surface area contributed by atoms with Gasteiger partial charge in [0.1, 0.15) is 22.5 Å². The van der Waals surface area contributed by atoms with Crippen molar-refractivity contribution in [1.29, 1.82) is 0 Å². The number of anilines is 1. The summed E-state index contributed by atoms with van der Waals surface area (Å²) in [7, 11) is 0. The highest BCUT2D eigenvalue weighted by atomic mass is 32.2. The lowest BCUT2D eigenvalue weighted by atomic mass is 10.2. The molecule has 0 radical (unpaired) electrons. The van der Waals surface area contributed by atoms with Gasteiger partial charge in [-0.15, -0.1) is 10.2 Å². The topological polar surface area (TPSA) is 105 Å². The zero-order chi connectivity index (χ0) is 19.9.